The van der Waals surface area contributed by atoms with Gasteiger partial charge < -0.3 is 4.90 Å². The molecule has 3 heteroatoms. The smallest absolute Gasteiger partial charge is 0.253 e. The van der Waals surface area contributed by atoms with Crippen LogP contribution in [0.4, 0.5) is 4.39 Å². The Morgan fingerprint density at radius 2 is 1.75 bits per heavy atom. The number of hydrogen-bond donors (Lipinski definition) is 0. The molecular weight excluding hydrogens is 253 g/mol. The summed E-state index contributed by atoms with van der Waals surface area (Å²) in [6.07, 6.45) is 0. The molecule has 0 fully saturated rings. The van der Waals surface area contributed by atoms with E-state index < -0.39 is 0 Å². The molecule has 2 rings (SSSR count). The molecule has 20 heavy (non-hydrogen) atoms. The molecular formula is C17H18FNO. The fraction of sp³-hybridized carbons (Fsp3) is 0.235. The predicted molar refractivity (Wildman–Crippen MR) is 78.1 cm³/mol. The van der Waals surface area contributed by atoms with Crippen LogP contribution < -0.4 is 0 Å². The molecule has 0 bridgehead atoms. The number of nitrogens with zero attached hydrogens (tertiary/aromatic N) is 1. The minimum absolute atomic E-state index is 0.0546. The van der Waals surface area contributed by atoms with Crippen molar-refractivity contribution in [2.75, 3.05) is 7.05 Å². The molecule has 0 aliphatic rings. The molecule has 2 aromatic rings. The maximum absolute atomic E-state index is 13.1. The highest BCUT2D eigenvalue weighted by Gasteiger charge is 2.13. The second-order valence-corrected chi connectivity index (χ2v) is 5.17. The first-order chi connectivity index (χ1) is 9.45. The van der Waals surface area contributed by atoms with Crippen molar-refractivity contribution >= 4 is 5.91 Å². The lowest BCUT2D eigenvalue weighted by Crippen LogP contribution is -2.26. The largest absolute Gasteiger partial charge is 0.337 e. The summed E-state index contributed by atoms with van der Waals surface area (Å²) < 4.78 is 13.1. The first kappa shape index (κ1) is 14.3. The number of hydrogen-bond acceptors (Lipinski definition) is 1. The van der Waals surface area contributed by atoms with Crippen LogP contribution in [0, 0.1) is 19.7 Å². The van der Waals surface area contributed by atoms with E-state index in [2.05, 4.69) is 0 Å². The summed E-state index contributed by atoms with van der Waals surface area (Å²) in [5.74, 6) is -0.337. The van der Waals surface area contributed by atoms with Gasteiger partial charge in [0.2, 0.25) is 0 Å². The Morgan fingerprint density at radius 3 is 2.35 bits per heavy atom. The average Bonchev–Trinajstić information content (AvgIpc) is 2.36. The fourth-order valence-electron chi connectivity index (χ4n) is 2.30. The van der Waals surface area contributed by atoms with Crippen molar-refractivity contribution < 1.29 is 9.18 Å². The topological polar surface area (TPSA) is 20.3 Å². The van der Waals surface area contributed by atoms with Crippen molar-refractivity contribution in [1.82, 2.24) is 4.90 Å². The molecule has 0 aliphatic carbocycles. The summed E-state index contributed by atoms with van der Waals surface area (Å²) in [4.78, 5) is 14.0. The van der Waals surface area contributed by atoms with Crippen LogP contribution in [-0.2, 0) is 6.54 Å². The van der Waals surface area contributed by atoms with Gasteiger partial charge in [-0.05, 0) is 43.7 Å². The van der Waals surface area contributed by atoms with Crippen molar-refractivity contribution in [3.05, 3.63) is 70.5 Å². The predicted octanol–water partition coefficient (Wildman–Crippen LogP) is 3.71. The summed E-state index contributed by atoms with van der Waals surface area (Å²) in [5, 5.41) is 0. The Bertz CT molecular complexity index is 616. The molecule has 0 unspecified atom stereocenters. The molecule has 0 aliphatic heterocycles. The van der Waals surface area contributed by atoms with Crippen LogP contribution in [0.2, 0.25) is 0 Å². The van der Waals surface area contributed by atoms with E-state index in [1.807, 2.05) is 38.1 Å². The number of carbonyl (C=O) groups is 1. The average molecular weight is 271 g/mol. The van der Waals surface area contributed by atoms with Crippen LogP contribution >= 0.6 is 0 Å². The van der Waals surface area contributed by atoms with Crippen LogP contribution in [-0.4, -0.2) is 17.9 Å². The molecule has 0 heterocycles. The molecule has 0 spiro atoms. The summed E-state index contributed by atoms with van der Waals surface area (Å²) in [6, 6.07) is 12.1. The standard InChI is InChI=1S/C17H18FNO/c1-12-7-13(2)9-15(8-12)17(20)19(3)11-14-5-4-6-16(18)10-14/h4-10H,11H2,1-3H3. The molecule has 0 saturated carbocycles. The van der Waals surface area contributed by atoms with Crippen molar-refractivity contribution in [2.45, 2.75) is 20.4 Å². The van der Waals surface area contributed by atoms with Gasteiger partial charge in [-0.2, -0.15) is 0 Å². The number of benzene rings is 2. The van der Waals surface area contributed by atoms with Gasteiger partial charge in [-0.15, -0.1) is 0 Å². The Labute approximate surface area is 118 Å². The monoisotopic (exact) mass is 271 g/mol. The van der Waals surface area contributed by atoms with Crippen molar-refractivity contribution in [2.24, 2.45) is 0 Å². The van der Waals surface area contributed by atoms with Crippen LogP contribution in [0.5, 0.6) is 0 Å². The van der Waals surface area contributed by atoms with Gasteiger partial charge in [0.1, 0.15) is 5.82 Å². The minimum atomic E-state index is -0.283. The minimum Gasteiger partial charge on any atom is -0.337 e. The molecule has 2 nitrogen and oxygen atoms in total. The van der Waals surface area contributed by atoms with E-state index >= 15 is 0 Å². The van der Waals surface area contributed by atoms with Crippen molar-refractivity contribution in [3.8, 4) is 0 Å². The molecule has 104 valence electrons. The molecule has 0 atom stereocenters. The van der Waals surface area contributed by atoms with Crippen molar-refractivity contribution in [3.63, 3.8) is 0 Å². The lowest BCUT2D eigenvalue weighted by Gasteiger charge is -2.18. The van der Waals surface area contributed by atoms with E-state index in [0.29, 0.717) is 12.1 Å². The highest BCUT2D eigenvalue weighted by molar-refractivity contribution is 5.94. The first-order valence-corrected chi connectivity index (χ1v) is 6.54. The van der Waals surface area contributed by atoms with Crippen LogP contribution in [0.1, 0.15) is 27.0 Å². The van der Waals surface area contributed by atoms with Gasteiger partial charge in [0.15, 0.2) is 0 Å². The maximum atomic E-state index is 13.1. The highest BCUT2D eigenvalue weighted by Crippen LogP contribution is 2.13. The van der Waals surface area contributed by atoms with Gasteiger partial charge in [0.05, 0.1) is 0 Å². The zero-order chi connectivity index (χ0) is 14.7. The van der Waals surface area contributed by atoms with Gasteiger partial charge in [-0.1, -0.05) is 29.3 Å². The second-order valence-electron chi connectivity index (χ2n) is 5.17. The van der Waals surface area contributed by atoms with Crippen molar-refractivity contribution in [1.29, 1.82) is 0 Å². The molecule has 0 saturated heterocycles. The Morgan fingerprint density at radius 1 is 1.10 bits per heavy atom. The molecule has 0 N–H and O–H groups in total. The third kappa shape index (κ3) is 3.44. The fourth-order valence-corrected chi connectivity index (χ4v) is 2.30. The third-order valence-corrected chi connectivity index (χ3v) is 3.12. The zero-order valence-corrected chi connectivity index (χ0v) is 12.0. The molecule has 1 amide bonds. The summed E-state index contributed by atoms with van der Waals surface area (Å²) in [6.45, 7) is 4.33. The van der Waals surface area contributed by atoms with Gasteiger partial charge in [-0.3, -0.25) is 4.79 Å². The maximum Gasteiger partial charge on any atom is 0.253 e. The zero-order valence-electron chi connectivity index (χ0n) is 12.0. The van der Waals surface area contributed by atoms with E-state index in [9.17, 15) is 9.18 Å². The Balaban J connectivity index is 2.16. The van der Waals surface area contributed by atoms with E-state index in [0.717, 1.165) is 16.7 Å². The molecule has 0 radical (unpaired) electrons. The number of amides is 1. The second kappa shape index (κ2) is 5.87. The van der Waals surface area contributed by atoms with Crippen LogP contribution in [0.25, 0.3) is 0 Å². The van der Waals surface area contributed by atoms with E-state index in [1.54, 1.807) is 18.0 Å². The number of rotatable bonds is 3. The third-order valence-electron chi connectivity index (χ3n) is 3.12. The number of aryl methyl sites for hydroxylation is 2. The molecule has 0 aromatic heterocycles. The van der Waals surface area contributed by atoms with E-state index in [-0.39, 0.29) is 11.7 Å². The Hall–Kier alpha value is -2.16. The quantitative estimate of drug-likeness (QED) is 0.833. The lowest BCUT2D eigenvalue weighted by molar-refractivity contribution is 0.0784. The van der Waals surface area contributed by atoms with Gasteiger partial charge >= 0.3 is 0 Å². The lowest BCUT2D eigenvalue weighted by atomic mass is 10.1. The molecule has 2 aromatic carbocycles. The van der Waals surface area contributed by atoms with Gasteiger partial charge in [0.25, 0.3) is 5.91 Å². The summed E-state index contributed by atoms with van der Waals surface area (Å²) >= 11 is 0. The van der Waals surface area contributed by atoms with Crippen LogP contribution in [0.3, 0.4) is 0 Å². The van der Waals surface area contributed by atoms with E-state index in [1.165, 1.54) is 12.1 Å². The van der Waals surface area contributed by atoms with Gasteiger partial charge in [-0.25, -0.2) is 4.39 Å². The highest BCUT2D eigenvalue weighted by atomic mass is 19.1. The normalized spacial score (nSPS) is 10.4. The van der Waals surface area contributed by atoms with Crippen LogP contribution in [0.15, 0.2) is 42.5 Å². The number of halogens is 1. The summed E-state index contributed by atoms with van der Waals surface area (Å²) in [5.41, 5.74) is 3.58. The van der Waals surface area contributed by atoms with E-state index in [4.69, 9.17) is 0 Å². The SMILES string of the molecule is Cc1cc(C)cc(C(=O)N(C)Cc2cccc(F)c2)c1. The summed E-state index contributed by atoms with van der Waals surface area (Å²) in [7, 11) is 1.73. The number of carbonyl (C=O) groups excluding carboxylic acids is 1. The van der Waals surface area contributed by atoms with Gasteiger partial charge in [0, 0.05) is 19.2 Å². The Kier molecular flexibility index (Phi) is 4.18. The first-order valence-electron chi connectivity index (χ1n) is 6.54.